The van der Waals surface area contributed by atoms with E-state index < -0.39 is 0 Å². The molecule has 1 nitrogen and oxygen atoms in total. The zero-order valence-electron chi connectivity index (χ0n) is 12.6. The van der Waals surface area contributed by atoms with Crippen molar-refractivity contribution in [3.63, 3.8) is 0 Å². The Kier molecular flexibility index (Phi) is 4.42. The Balaban J connectivity index is 2.19. The number of hydrogen-bond acceptors (Lipinski definition) is 1. The smallest absolute Gasteiger partial charge is 0.0178 e. The van der Waals surface area contributed by atoms with Crippen molar-refractivity contribution in [1.82, 2.24) is 5.32 Å². The fourth-order valence-electron chi connectivity index (χ4n) is 3.16. The van der Waals surface area contributed by atoms with Gasteiger partial charge in [-0.05, 0) is 48.4 Å². The first-order valence-corrected chi connectivity index (χ1v) is 8.13. The molecule has 1 aromatic rings. The quantitative estimate of drug-likeness (QED) is 0.842. The Labute approximate surface area is 126 Å². The van der Waals surface area contributed by atoms with Crippen molar-refractivity contribution in [2.75, 3.05) is 13.1 Å². The van der Waals surface area contributed by atoms with Gasteiger partial charge in [0.05, 0.1) is 0 Å². The second-order valence-corrected chi connectivity index (χ2v) is 7.96. The summed E-state index contributed by atoms with van der Waals surface area (Å²) in [5.74, 6) is 0.838. The van der Waals surface area contributed by atoms with Gasteiger partial charge in [0.15, 0.2) is 0 Å². The summed E-state index contributed by atoms with van der Waals surface area (Å²) in [5, 5.41) is 3.57. The van der Waals surface area contributed by atoms with E-state index >= 15 is 0 Å². The van der Waals surface area contributed by atoms with Crippen LogP contribution in [0.2, 0.25) is 0 Å². The van der Waals surface area contributed by atoms with Crippen LogP contribution in [0.25, 0.3) is 0 Å². The molecule has 0 bridgehead atoms. The minimum absolute atomic E-state index is 0.345. The minimum atomic E-state index is 0.345. The second-order valence-electron chi connectivity index (χ2n) is 7.04. The molecule has 0 spiro atoms. The molecule has 2 rings (SSSR count). The maximum Gasteiger partial charge on any atom is 0.0178 e. The zero-order valence-corrected chi connectivity index (χ0v) is 14.2. The number of likely N-dealkylation sites (N-methyl/N-ethyl adjacent to an activating group) is 1. The first-order chi connectivity index (χ1) is 8.87. The van der Waals surface area contributed by atoms with Crippen LogP contribution < -0.4 is 5.32 Å². The highest BCUT2D eigenvalue weighted by molar-refractivity contribution is 9.10. The van der Waals surface area contributed by atoms with Crippen LogP contribution in [-0.2, 0) is 5.41 Å². The Bertz CT molecular complexity index is 427. The van der Waals surface area contributed by atoms with E-state index in [1.165, 1.54) is 22.9 Å². The van der Waals surface area contributed by atoms with E-state index in [0.29, 0.717) is 10.8 Å². The van der Waals surface area contributed by atoms with E-state index in [9.17, 15) is 0 Å². The van der Waals surface area contributed by atoms with Crippen molar-refractivity contribution in [3.8, 4) is 0 Å². The molecule has 0 saturated heterocycles. The lowest BCUT2D eigenvalue weighted by molar-refractivity contribution is 0.0452. The lowest BCUT2D eigenvalue weighted by Gasteiger charge is -2.53. The minimum Gasteiger partial charge on any atom is -0.316 e. The molecule has 19 heavy (non-hydrogen) atoms. The van der Waals surface area contributed by atoms with Crippen LogP contribution in [0.4, 0.5) is 0 Å². The number of benzene rings is 1. The molecule has 106 valence electrons. The first kappa shape index (κ1) is 15.1. The van der Waals surface area contributed by atoms with Gasteiger partial charge in [0.2, 0.25) is 0 Å². The van der Waals surface area contributed by atoms with Crippen molar-refractivity contribution < 1.29 is 0 Å². The standard InChI is InChI=1S/C17H26BrN/c1-5-19-12-17(10-14(11-17)16(2,3)4)13-7-6-8-15(18)9-13/h6-9,14,19H,5,10-12H2,1-4H3. The molecule has 0 atom stereocenters. The fourth-order valence-corrected chi connectivity index (χ4v) is 3.56. The molecule has 1 saturated carbocycles. The van der Waals surface area contributed by atoms with Crippen LogP contribution in [0.5, 0.6) is 0 Å². The van der Waals surface area contributed by atoms with Gasteiger partial charge in [-0.2, -0.15) is 0 Å². The number of halogens is 1. The molecular weight excluding hydrogens is 298 g/mol. The van der Waals surface area contributed by atoms with Gasteiger partial charge in [0.1, 0.15) is 0 Å². The molecule has 0 radical (unpaired) electrons. The fraction of sp³-hybridized carbons (Fsp3) is 0.647. The van der Waals surface area contributed by atoms with E-state index in [0.717, 1.165) is 19.0 Å². The van der Waals surface area contributed by atoms with Crippen LogP contribution >= 0.6 is 15.9 Å². The summed E-state index contributed by atoms with van der Waals surface area (Å²) in [4.78, 5) is 0. The van der Waals surface area contributed by atoms with Gasteiger partial charge in [0.25, 0.3) is 0 Å². The summed E-state index contributed by atoms with van der Waals surface area (Å²) in [7, 11) is 0. The van der Waals surface area contributed by atoms with Crippen molar-refractivity contribution in [1.29, 1.82) is 0 Å². The van der Waals surface area contributed by atoms with Crippen molar-refractivity contribution in [3.05, 3.63) is 34.3 Å². The molecule has 0 heterocycles. The highest BCUT2D eigenvalue weighted by Gasteiger charge is 2.48. The highest BCUT2D eigenvalue weighted by atomic mass is 79.9. The molecule has 0 aliphatic heterocycles. The van der Waals surface area contributed by atoms with E-state index in [2.05, 4.69) is 73.2 Å². The van der Waals surface area contributed by atoms with Crippen LogP contribution in [0, 0.1) is 11.3 Å². The number of rotatable bonds is 4. The largest absolute Gasteiger partial charge is 0.316 e. The molecule has 2 heteroatoms. The second kappa shape index (κ2) is 5.57. The predicted octanol–water partition coefficient (Wildman–Crippen LogP) is 4.75. The van der Waals surface area contributed by atoms with Crippen LogP contribution in [0.15, 0.2) is 28.7 Å². The third kappa shape index (κ3) is 3.22. The normalized spacial score (nSPS) is 27.1. The third-order valence-electron chi connectivity index (χ3n) is 4.65. The summed E-state index contributed by atoms with van der Waals surface area (Å²) < 4.78 is 1.19. The Hall–Kier alpha value is -0.340. The van der Waals surface area contributed by atoms with Gasteiger partial charge >= 0.3 is 0 Å². The first-order valence-electron chi connectivity index (χ1n) is 7.34. The van der Waals surface area contributed by atoms with Gasteiger partial charge in [-0.1, -0.05) is 55.8 Å². The van der Waals surface area contributed by atoms with Crippen molar-refractivity contribution in [2.45, 2.75) is 46.0 Å². The summed E-state index contributed by atoms with van der Waals surface area (Å²) >= 11 is 3.61. The summed E-state index contributed by atoms with van der Waals surface area (Å²) in [6.07, 6.45) is 2.61. The number of hydrogen-bond donors (Lipinski definition) is 1. The molecule has 0 aromatic heterocycles. The van der Waals surface area contributed by atoms with Gasteiger partial charge in [-0.25, -0.2) is 0 Å². The maximum atomic E-state index is 3.61. The van der Waals surface area contributed by atoms with Gasteiger partial charge < -0.3 is 5.32 Å². The average molecular weight is 324 g/mol. The van der Waals surface area contributed by atoms with Gasteiger partial charge in [0, 0.05) is 16.4 Å². The van der Waals surface area contributed by atoms with Crippen molar-refractivity contribution in [2.24, 2.45) is 11.3 Å². The molecule has 1 aromatic carbocycles. The van der Waals surface area contributed by atoms with Crippen LogP contribution in [0.3, 0.4) is 0 Å². The topological polar surface area (TPSA) is 12.0 Å². The number of nitrogens with one attached hydrogen (secondary N) is 1. The van der Waals surface area contributed by atoms with E-state index in [1.54, 1.807) is 0 Å². The summed E-state index contributed by atoms with van der Waals surface area (Å²) in [5.41, 5.74) is 2.27. The Morgan fingerprint density at radius 3 is 2.53 bits per heavy atom. The molecule has 0 unspecified atom stereocenters. The molecule has 1 fully saturated rings. The van der Waals surface area contributed by atoms with Crippen molar-refractivity contribution >= 4 is 15.9 Å². The Morgan fingerprint density at radius 2 is 2.00 bits per heavy atom. The zero-order chi connectivity index (χ0) is 14.1. The molecular formula is C17H26BrN. The maximum absolute atomic E-state index is 3.61. The van der Waals surface area contributed by atoms with Crippen LogP contribution in [0.1, 0.15) is 46.1 Å². The molecule has 1 aliphatic carbocycles. The van der Waals surface area contributed by atoms with Gasteiger partial charge in [-0.3, -0.25) is 0 Å². The Morgan fingerprint density at radius 1 is 1.32 bits per heavy atom. The van der Waals surface area contributed by atoms with Gasteiger partial charge in [-0.15, -0.1) is 0 Å². The molecule has 1 aliphatic rings. The van der Waals surface area contributed by atoms with E-state index in [1.807, 2.05) is 0 Å². The molecule has 0 amide bonds. The SMILES string of the molecule is CCNCC1(c2cccc(Br)c2)CC(C(C)(C)C)C1. The average Bonchev–Trinajstić information content (AvgIpc) is 2.26. The third-order valence-corrected chi connectivity index (χ3v) is 5.14. The summed E-state index contributed by atoms with van der Waals surface area (Å²) in [6.45, 7) is 11.5. The highest BCUT2D eigenvalue weighted by Crippen LogP contribution is 2.54. The summed E-state index contributed by atoms with van der Waals surface area (Å²) in [6, 6.07) is 8.87. The van der Waals surface area contributed by atoms with Crippen LogP contribution in [-0.4, -0.2) is 13.1 Å². The monoisotopic (exact) mass is 323 g/mol. The van der Waals surface area contributed by atoms with E-state index in [4.69, 9.17) is 0 Å². The van der Waals surface area contributed by atoms with E-state index in [-0.39, 0.29) is 0 Å². The molecule has 1 N–H and O–H groups in total. The lowest BCUT2D eigenvalue weighted by atomic mass is 9.52. The predicted molar refractivity (Wildman–Crippen MR) is 86.5 cm³/mol. The lowest BCUT2D eigenvalue weighted by Crippen LogP contribution is -2.52.